The minimum atomic E-state index is -1.01. The maximum Gasteiger partial charge on any atom is 0.328 e. The van der Waals surface area contributed by atoms with E-state index in [2.05, 4.69) is 15.4 Å². The number of nitrogens with one attached hydrogen (secondary N) is 2. The van der Waals surface area contributed by atoms with E-state index in [1.807, 2.05) is 0 Å². The average molecular weight is 596 g/mol. The summed E-state index contributed by atoms with van der Waals surface area (Å²) in [5, 5.41) is 5.85. The molecule has 0 bridgehead atoms. The molecule has 0 aromatic heterocycles. The molecule has 39 heavy (non-hydrogen) atoms. The lowest BCUT2D eigenvalue weighted by molar-refractivity contribution is -0.147. The van der Waals surface area contributed by atoms with Crippen LogP contribution in [0.5, 0.6) is 0 Å². The SMILES string of the molecule is COC(=O)CCC(=O)N1CSC[C@@H]1C(=O)N[C@@H](Cc1ccc(NC(=O)c2c(Cl)cccc2Cl)cc1)C(=O)OC. The quantitative estimate of drug-likeness (QED) is 0.400. The molecule has 0 saturated carbocycles. The summed E-state index contributed by atoms with van der Waals surface area (Å²) < 4.78 is 9.44. The van der Waals surface area contributed by atoms with E-state index < -0.39 is 35.8 Å². The van der Waals surface area contributed by atoms with Gasteiger partial charge in [-0.05, 0) is 29.8 Å². The van der Waals surface area contributed by atoms with Crippen molar-refractivity contribution >= 4 is 70.3 Å². The molecule has 2 aromatic carbocycles. The van der Waals surface area contributed by atoms with Crippen LogP contribution in [0.25, 0.3) is 0 Å². The van der Waals surface area contributed by atoms with Gasteiger partial charge in [0.05, 0.1) is 42.1 Å². The van der Waals surface area contributed by atoms with Crippen LogP contribution in [-0.2, 0) is 35.1 Å². The lowest BCUT2D eigenvalue weighted by Gasteiger charge is -2.25. The van der Waals surface area contributed by atoms with Gasteiger partial charge in [-0.2, -0.15) is 0 Å². The maximum absolute atomic E-state index is 13.1. The molecule has 10 nitrogen and oxygen atoms in total. The van der Waals surface area contributed by atoms with Crippen molar-refractivity contribution in [3.05, 3.63) is 63.6 Å². The van der Waals surface area contributed by atoms with Gasteiger partial charge in [0.2, 0.25) is 11.8 Å². The van der Waals surface area contributed by atoms with Crippen LogP contribution in [0, 0.1) is 0 Å². The molecular formula is C26H27Cl2N3O7S. The van der Waals surface area contributed by atoms with E-state index in [0.717, 1.165) is 0 Å². The molecule has 2 aromatic rings. The summed E-state index contributed by atoms with van der Waals surface area (Å²) in [5.74, 6) is -1.83. The third kappa shape index (κ3) is 8.11. The Morgan fingerprint density at radius 1 is 1.00 bits per heavy atom. The van der Waals surface area contributed by atoms with Crippen LogP contribution >= 0.6 is 35.0 Å². The number of anilines is 1. The Hall–Kier alpha value is -3.28. The highest BCUT2D eigenvalue weighted by molar-refractivity contribution is 7.99. The number of ether oxygens (including phenoxy) is 2. The molecule has 1 heterocycles. The van der Waals surface area contributed by atoms with Crippen molar-refractivity contribution in [1.29, 1.82) is 0 Å². The minimum absolute atomic E-state index is 0.0803. The van der Waals surface area contributed by atoms with Crippen LogP contribution in [0.4, 0.5) is 5.69 Å². The summed E-state index contributed by atoms with van der Waals surface area (Å²) in [5.41, 5.74) is 1.31. The first-order valence-electron chi connectivity index (χ1n) is 11.8. The standard InChI is InChI=1S/C26H27Cl2N3O7S/c1-37-22(33)11-10-21(32)31-14-39-13-20(31)24(34)30-19(26(36)38-2)12-15-6-8-16(9-7-15)29-25(35)23-17(27)4-3-5-18(23)28/h3-9,19-20H,10-14H2,1-2H3,(H,29,35)(H,30,34)/t19-,20+/m0/s1. The Morgan fingerprint density at radius 2 is 1.67 bits per heavy atom. The van der Waals surface area contributed by atoms with Gasteiger partial charge >= 0.3 is 11.9 Å². The summed E-state index contributed by atoms with van der Waals surface area (Å²) in [6.07, 6.45) is -0.0559. The number of rotatable bonds is 10. The van der Waals surface area contributed by atoms with Crippen LogP contribution in [0.1, 0.15) is 28.8 Å². The van der Waals surface area contributed by atoms with E-state index in [9.17, 15) is 24.0 Å². The fraction of sp³-hybridized carbons (Fsp3) is 0.346. The molecule has 1 aliphatic rings. The summed E-state index contributed by atoms with van der Waals surface area (Å²) in [6.45, 7) is 0. The number of amides is 3. The van der Waals surface area contributed by atoms with Crippen molar-refractivity contribution in [2.45, 2.75) is 31.3 Å². The number of carbonyl (C=O) groups is 5. The highest BCUT2D eigenvalue weighted by Crippen LogP contribution is 2.26. The Labute approximate surface area is 239 Å². The molecule has 1 saturated heterocycles. The molecule has 208 valence electrons. The van der Waals surface area contributed by atoms with E-state index in [4.69, 9.17) is 27.9 Å². The van der Waals surface area contributed by atoms with Gasteiger partial charge in [-0.15, -0.1) is 11.8 Å². The molecule has 0 unspecified atom stereocenters. The molecule has 1 fully saturated rings. The zero-order chi connectivity index (χ0) is 28.5. The highest BCUT2D eigenvalue weighted by atomic mass is 35.5. The third-order valence-corrected chi connectivity index (χ3v) is 7.56. The molecule has 13 heteroatoms. The van der Waals surface area contributed by atoms with Crippen LogP contribution in [0.15, 0.2) is 42.5 Å². The molecular weight excluding hydrogens is 569 g/mol. The Bertz CT molecular complexity index is 1220. The van der Waals surface area contributed by atoms with Gasteiger partial charge < -0.3 is 25.0 Å². The second-order valence-corrected chi connectivity index (χ2v) is 10.3. The Kier molecular flexibility index (Phi) is 11.0. The number of thioether (sulfide) groups is 1. The van der Waals surface area contributed by atoms with Gasteiger partial charge in [0.25, 0.3) is 5.91 Å². The van der Waals surface area contributed by atoms with E-state index in [1.54, 1.807) is 42.5 Å². The number of carbonyl (C=O) groups excluding carboxylic acids is 5. The highest BCUT2D eigenvalue weighted by Gasteiger charge is 2.36. The summed E-state index contributed by atoms with van der Waals surface area (Å²) in [7, 11) is 2.45. The maximum atomic E-state index is 13.1. The number of esters is 2. The van der Waals surface area contributed by atoms with Crippen molar-refractivity contribution in [2.75, 3.05) is 31.2 Å². The number of benzene rings is 2. The minimum Gasteiger partial charge on any atom is -0.469 e. The van der Waals surface area contributed by atoms with Crippen molar-refractivity contribution in [3.8, 4) is 0 Å². The van der Waals surface area contributed by atoms with Gasteiger partial charge in [0.1, 0.15) is 12.1 Å². The molecule has 1 aliphatic heterocycles. The van der Waals surface area contributed by atoms with Gasteiger partial charge in [0.15, 0.2) is 0 Å². The predicted octanol–water partition coefficient (Wildman–Crippen LogP) is 3.30. The predicted molar refractivity (Wildman–Crippen MR) is 148 cm³/mol. The van der Waals surface area contributed by atoms with E-state index in [0.29, 0.717) is 22.9 Å². The molecule has 3 amide bonds. The second kappa shape index (κ2) is 14.2. The van der Waals surface area contributed by atoms with Crippen molar-refractivity contribution in [1.82, 2.24) is 10.2 Å². The number of hydrogen-bond donors (Lipinski definition) is 2. The molecule has 0 spiro atoms. The van der Waals surface area contributed by atoms with Crippen LogP contribution in [0.3, 0.4) is 0 Å². The van der Waals surface area contributed by atoms with Crippen LogP contribution in [-0.4, -0.2) is 72.5 Å². The van der Waals surface area contributed by atoms with Gasteiger partial charge in [0, 0.05) is 24.3 Å². The second-order valence-electron chi connectivity index (χ2n) is 8.49. The molecule has 0 radical (unpaired) electrons. The topological polar surface area (TPSA) is 131 Å². The smallest absolute Gasteiger partial charge is 0.328 e. The normalized spacial score (nSPS) is 15.3. The molecule has 3 rings (SSSR count). The lowest BCUT2D eigenvalue weighted by Crippen LogP contribution is -2.52. The number of halogens is 2. The summed E-state index contributed by atoms with van der Waals surface area (Å²) in [6, 6.07) is 9.64. The van der Waals surface area contributed by atoms with E-state index >= 15 is 0 Å². The summed E-state index contributed by atoms with van der Waals surface area (Å²) >= 11 is 13.6. The van der Waals surface area contributed by atoms with E-state index in [1.165, 1.54) is 30.9 Å². The first-order valence-corrected chi connectivity index (χ1v) is 13.7. The zero-order valence-corrected chi connectivity index (χ0v) is 23.5. The first kappa shape index (κ1) is 30.3. The van der Waals surface area contributed by atoms with Crippen LogP contribution < -0.4 is 10.6 Å². The number of hydrogen-bond acceptors (Lipinski definition) is 8. The first-order chi connectivity index (χ1) is 18.6. The Morgan fingerprint density at radius 3 is 2.28 bits per heavy atom. The Balaban J connectivity index is 1.64. The molecule has 2 atom stereocenters. The fourth-order valence-electron chi connectivity index (χ4n) is 3.83. The lowest BCUT2D eigenvalue weighted by atomic mass is 10.0. The van der Waals surface area contributed by atoms with Crippen molar-refractivity contribution in [2.24, 2.45) is 0 Å². The van der Waals surface area contributed by atoms with Gasteiger partial charge in [-0.1, -0.05) is 41.4 Å². The van der Waals surface area contributed by atoms with Crippen molar-refractivity contribution in [3.63, 3.8) is 0 Å². The van der Waals surface area contributed by atoms with Gasteiger partial charge in [-0.25, -0.2) is 4.79 Å². The number of nitrogens with zero attached hydrogens (tertiary/aromatic N) is 1. The van der Waals surface area contributed by atoms with E-state index in [-0.39, 0.29) is 40.8 Å². The largest absolute Gasteiger partial charge is 0.469 e. The van der Waals surface area contributed by atoms with Crippen LogP contribution in [0.2, 0.25) is 10.0 Å². The fourth-order valence-corrected chi connectivity index (χ4v) is 5.58. The summed E-state index contributed by atoms with van der Waals surface area (Å²) in [4.78, 5) is 63.5. The molecule has 2 N–H and O–H groups in total. The van der Waals surface area contributed by atoms with Gasteiger partial charge in [-0.3, -0.25) is 19.2 Å². The average Bonchev–Trinajstić information content (AvgIpc) is 3.42. The molecule has 0 aliphatic carbocycles. The monoisotopic (exact) mass is 595 g/mol. The third-order valence-electron chi connectivity index (χ3n) is 5.92. The zero-order valence-electron chi connectivity index (χ0n) is 21.2. The van der Waals surface area contributed by atoms with Crippen molar-refractivity contribution < 1.29 is 33.4 Å². The number of methoxy groups -OCH3 is 2.